The minimum atomic E-state index is 0.324. The highest BCUT2D eigenvalue weighted by Gasteiger charge is 2.33. The van der Waals surface area contributed by atoms with Crippen molar-refractivity contribution in [1.82, 2.24) is 0 Å². The molecule has 0 aliphatic carbocycles. The molecular formula is C8H17NO. The number of hydrogen-bond donors (Lipinski definition) is 1. The lowest BCUT2D eigenvalue weighted by molar-refractivity contribution is 0.102. The molecule has 2 N–H and O–H groups in total. The second-order valence-corrected chi connectivity index (χ2v) is 3.54. The highest BCUT2D eigenvalue weighted by molar-refractivity contribution is 4.83. The Morgan fingerprint density at radius 3 is 2.70 bits per heavy atom. The third-order valence-corrected chi connectivity index (χ3v) is 2.50. The molecule has 0 amide bonds. The van der Waals surface area contributed by atoms with E-state index in [1.807, 2.05) is 0 Å². The first kappa shape index (κ1) is 8.02. The van der Waals surface area contributed by atoms with Gasteiger partial charge in [-0.2, -0.15) is 0 Å². The third-order valence-electron chi connectivity index (χ3n) is 2.50. The summed E-state index contributed by atoms with van der Waals surface area (Å²) in [6, 6.07) is 0. The second kappa shape index (κ2) is 2.89. The van der Waals surface area contributed by atoms with Crippen molar-refractivity contribution in [3.05, 3.63) is 0 Å². The number of hydrogen-bond acceptors (Lipinski definition) is 2. The molecule has 1 saturated heterocycles. The summed E-state index contributed by atoms with van der Waals surface area (Å²) in [6.07, 6.45) is 2.66. The summed E-state index contributed by atoms with van der Waals surface area (Å²) in [5, 5.41) is 0. The molecule has 0 aromatic rings. The highest BCUT2D eigenvalue weighted by atomic mass is 16.5. The van der Waals surface area contributed by atoms with Gasteiger partial charge in [-0.15, -0.1) is 0 Å². The number of nitrogens with two attached hydrogens (primary N) is 1. The summed E-state index contributed by atoms with van der Waals surface area (Å²) >= 11 is 0. The molecule has 1 rings (SSSR count). The van der Waals surface area contributed by atoms with Crippen LogP contribution in [0.3, 0.4) is 0 Å². The normalized spacial score (nSPS) is 40.5. The van der Waals surface area contributed by atoms with Gasteiger partial charge in [-0.1, -0.05) is 13.8 Å². The zero-order valence-electron chi connectivity index (χ0n) is 6.89. The maximum atomic E-state index is 5.48. The number of ether oxygens (including phenoxy) is 1. The van der Waals surface area contributed by atoms with Gasteiger partial charge < -0.3 is 10.5 Å². The Morgan fingerprint density at radius 2 is 2.40 bits per heavy atom. The molecule has 0 saturated carbocycles. The van der Waals surface area contributed by atoms with Gasteiger partial charge in [0.05, 0.1) is 12.7 Å². The van der Waals surface area contributed by atoms with E-state index in [0.29, 0.717) is 18.1 Å². The Hall–Kier alpha value is -0.0800. The molecule has 0 spiro atoms. The Morgan fingerprint density at radius 1 is 1.70 bits per heavy atom. The van der Waals surface area contributed by atoms with Crippen LogP contribution in [0, 0.1) is 5.41 Å². The summed E-state index contributed by atoms with van der Waals surface area (Å²) in [5.74, 6) is 0. The average Bonchev–Trinajstić information content (AvgIpc) is 2.33. The van der Waals surface area contributed by atoms with Crippen LogP contribution in [-0.4, -0.2) is 19.3 Å². The molecule has 60 valence electrons. The topological polar surface area (TPSA) is 35.2 Å². The average molecular weight is 143 g/mol. The number of rotatable bonds is 2. The fourth-order valence-electron chi connectivity index (χ4n) is 1.38. The minimum Gasteiger partial charge on any atom is -0.376 e. The van der Waals surface area contributed by atoms with Gasteiger partial charge >= 0.3 is 0 Å². The molecule has 1 heterocycles. The maximum Gasteiger partial charge on any atom is 0.0703 e. The molecule has 0 aromatic carbocycles. The van der Waals surface area contributed by atoms with Crippen LogP contribution in [0.15, 0.2) is 0 Å². The van der Waals surface area contributed by atoms with Gasteiger partial charge in [0, 0.05) is 6.54 Å². The van der Waals surface area contributed by atoms with Crippen molar-refractivity contribution in [3.63, 3.8) is 0 Å². The molecule has 0 unspecified atom stereocenters. The lowest BCUT2D eigenvalue weighted by Crippen LogP contribution is -2.20. The zero-order valence-corrected chi connectivity index (χ0v) is 6.89. The van der Waals surface area contributed by atoms with E-state index in [-0.39, 0.29) is 0 Å². The van der Waals surface area contributed by atoms with Crippen LogP contribution < -0.4 is 5.73 Å². The van der Waals surface area contributed by atoms with Crippen molar-refractivity contribution >= 4 is 0 Å². The quantitative estimate of drug-likeness (QED) is 0.629. The summed E-state index contributed by atoms with van der Waals surface area (Å²) in [6.45, 7) is 6.05. The van der Waals surface area contributed by atoms with E-state index < -0.39 is 0 Å². The molecular weight excluding hydrogens is 126 g/mol. The van der Waals surface area contributed by atoms with Gasteiger partial charge in [0.2, 0.25) is 0 Å². The Bertz CT molecular complexity index is 116. The van der Waals surface area contributed by atoms with Crippen LogP contribution in [0.25, 0.3) is 0 Å². The van der Waals surface area contributed by atoms with E-state index in [0.717, 1.165) is 13.0 Å². The molecule has 0 bridgehead atoms. The van der Waals surface area contributed by atoms with Crippen molar-refractivity contribution in [2.24, 2.45) is 11.1 Å². The summed E-state index contributed by atoms with van der Waals surface area (Å²) in [4.78, 5) is 0. The van der Waals surface area contributed by atoms with Crippen LogP contribution in [0.5, 0.6) is 0 Å². The Labute approximate surface area is 62.7 Å². The summed E-state index contributed by atoms with van der Waals surface area (Å²) < 4.78 is 5.48. The first-order chi connectivity index (χ1) is 4.70. The molecule has 2 atom stereocenters. The van der Waals surface area contributed by atoms with E-state index in [1.165, 1.54) is 6.42 Å². The van der Waals surface area contributed by atoms with Gasteiger partial charge in [-0.25, -0.2) is 0 Å². The van der Waals surface area contributed by atoms with E-state index in [9.17, 15) is 0 Å². The van der Waals surface area contributed by atoms with Crippen LogP contribution >= 0.6 is 0 Å². The van der Waals surface area contributed by atoms with Gasteiger partial charge in [0.25, 0.3) is 0 Å². The van der Waals surface area contributed by atoms with Crippen molar-refractivity contribution in [2.75, 3.05) is 13.2 Å². The SMILES string of the molecule is CC[C@]1(C)CO[C@@H](CN)C1. The molecule has 1 aliphatic heterocycles. The molecule has 2 heteroatoms. The minimum absolute atomic E-state index is 0.324. The van der Waals surface area contributed by atoms with Gasteiger partial charge in [0.1, 0.15) is 0 Å². The first-order valence-corrected chi connectivity index (χ1v) is 4.02. The van der Waals surface area contributed by atoms with Gasteiger partial charge in [-0.3, -0.25) is 0 Å². The summed E-state index contributed by atoms with van der Waals surface area (Å²) in [7, 11) is 0. The van der Waals surface area contributed by atoms with Crippen molar-refractivity contribution in [1.29, 1.82) is 0 Å². The molecule has 1 aliphatic rings. The first-order valence-electron chi connectivity index (χ1n) is 4.02. The smallest absolute Gasteiger partial charge is 0.0703 e. The Balaban J connectivity index is 2.41. The zero-order chi connectivity index (χ0) is 7.61. The van der Waals surface area contributed by atoms with E-state index in [4.69, 9.17) is 10.5 Å². The fraction of sp³-hybridized carbons (Fsp3) is 1.00. The second-order valence-electron chi connectivity index (χ2n) is 3.54. The standard InChI is InChI=1S/C8H17NO/c1-3-8(2)4-7(5-9)10-6-8/h7H,3-6,9H2,1-2H3/t7-,8+/m1/s1. The predicted molar refractivity (Wildman–Crippen MR) is 41.8 cm³/mol. The van der Waals surface area contributed by atoms with Gasteiger partial charge in [-0.05, 0) is 18.3 Å². The van der Waals surface area contributed by atoms with Crippen molar-refractivity contribution in [2.45, 2.75) is 32.8 Å². The molecule has 1 fully saturated rings. The van der Waals surface area contributed by atoms with Crippen LogP contribution in [0.1, 0.15) is 26.7 Å². The Kier molecular flexibility index (Phi) is 2.32. The molecule has 10 heavy (non-hydrogen) atoms. The summed E-state index contributed by atoms with van der Waals surface area (Å²) in [5.41, 5.74) is 5.89. The van der Waals surface area contributed by atoms with Crippen LogP contribution in [0.4, 0.5) is 0 Å². The lowest BCUT2D eigenvalue weighted by Gasteiger charge is -2.18. The van der Waals surface area contributed by atoms with Crippen molar-refractivity contribution in [3.8, 4) is 0 Å². The van der Waals surface area contributed by atoms with Crippen LogP contribution in [-0.2, 0) is 4.74 Å². The van der Waals surface area contributed by atoms with E-state index in [2.05, 4.69) is 13.8 Å². The predicted octanol–water partition coefficient (Wildman–Crippen LogP) is 1.15. The van der Waals surface area contributed by atoms with E-state index >= 15 is 0 Å². The largest absolute Gasteiger partial charge is 0.376 e. The van der Waals surface area contributed by atoms with E-state index in [1.54, 1.807) is 0 Å². The van der Waals surface area contributed by atoms with Crippen molar-refractivity contribution < 1.29 is 4.74 Å². The highest BCUT2D eigenvalue weighted by Crippen LogP contribution is 2.34. The maximum absolute atomic E-state index is 5.48. The van der Waals surface area contributed by atoms with Gasteiger partial charge in [0.15, 0.2) is 0 Å². The molecule has 2 nitrogen and oxygen atoms in total. The fourth-order valence-corrected chi connectivity index (χ4v) is 1.38. The third kappa shape index (κ3) is 1.50. The monoisotopic (exact) mass is 143 g/mol. The van der Waals surface area contributed by atoms with Crippen LogP contribution in [0.2, 0.25) is 0 Å². The molecule has 0 radical (unpaired) electrons. The molecule has 0 aromatic heterocycles. The lowest BCUT2D eigenvalue weighted by atomic mass is 9.85.